The summed E-state index contributed by atoms with van der Waals surface area (Å²) < 4.78 is 0. The van der Waals surface area contributed by atoms with Crippen molar-refractivity contribution in [2.75, 3.05) is 12.4 Å². The molecule has 0 radical (unpaired) electrons. The highest BCUT2D eigenvalue weighted by atomic mass is 15.0. The lowest BCUT2D eigenvalue weighted by molar-refractivity contribution is 0.665. The predicted molar refractivity (Wildman–Crippen MR) is 83.0 cm³/mol. The van der Waals surface area contributed by atoms with E-state index in [0.717, 1.165) is 30.9 Å². The van der Waals surface area contributed by atoms with Crippen molar-refractivity contribution in [2.45, 2.75) is 39.0 Å². The Kier molecular flexibility index (Phi) is 3.68. The minimum Gasteiger partial charge on any atom is -0.373 e. The number of aryl methyl sites for hydroxylation is 2. The molecule has 1 heterocycles. The van der Waals surface area contributed by atoms with Crippen LogP contribution >= 0.6 is 0 Å². The monoisotopic (exact) mass is 267 g/mol. The first-order chi connectivity index (χ1) is 9.83. The average Bonchev–Trinajstić information content (AvgIpc) is 2.53. The minimum atomic E-state index is 0.868. The molecule has 104 valence electrons. The lowest BCUT2D eigenvalue weighted by Crippen LogP contribution is -2.12. The highest BCUT2D eigenvalue weighted by molar-refractivity contribution is 5.63. The predicted octanol–water partition coefficient (Wildman–Crippen LogP) is 3.63. The molecule has 20 heavy (non-hydrogen) atoms. The van der Waals surface area contributed by atoms with Gasteiger partial charge in [-0.2, -0.15) is 0 Å². The van der Waals surface area contributed by atoms with Crippen molar-refractivity contribution in [1.82, 2.24) is 9.97 Å². The Bertz CT molecular complexity index is 602. The van der Waals surface area contributed by atoms with Crippen LogP contribution < -0.4 is 5.32 Å². The van der Waals surface area contributed by atoms with Crippen LogP contribution in [0.15, 0.2) is 24.3 Å². The first-order valence-electron chi connectivity index (χ1n) is 7.49. The standard InChI is InChI=1S/C17H21N3/c1-3-12-8-4-5-9-13(12)17-19-15-11-7-6-10-14(15)16(18-2)20-17/h4-5,8-9H,3,6-7,10-11H2,1-2H3,(H,18,19,20). The molecule has 1 aliphatic carbocycles. The van der Waals surface area contributed by atoms with E-state index >= 15 is 0 Å². The van der Waals surface area contributed by atoms with Crippen LogP contribution in [0.3, 0.4) is 0 Å². The molecule has 3 heteroatoms. The highest BCUT2D eigenvalue weighted by Gasteiger charge is 2.18. The van der Waals surface area contributed by atoms with E-state index < -0.39 is 0 Å². The van der Waals surface area contributed by atoms with Gasteiger partial charge in [-0.1, -0.05) is 31.2 Å². The van der Waals surface area contributed by atoms with Crippen LogP contribution in [0.4, 0.5) is 5.82 Å². The number of nitrogens with zero attached hydrogens (tertiary/aromatic N) is 2. The summed E-state index contributed by atoms with van der Waals surface area (Å²) in [7, 11) is 1.95. The lowest BCUT2D eigenvalue weighted by atomic mass is 9.95. The molecule has 1 aromatic carbocycles. The third-order valence-electron chi connectivity index (χ3n) is 4.06. The molecule has 0 bridgehead atoms. The molecule has 3 rings (SSSR count). The van der Waals surface area contributed by atoms with Gasteiger partial charge in [-0.25, -0.2) is 9.97 Å². The van der Waals surface area contributed by atoms with Gasteiger partial charge in [0.1, 0.15) is 5.82 Å². The molecular formula is C17H21N3. The van der Waals surface area contributed by atoms with E-state index in [-0.39, 0.29) is 0 Å². The molecule has 0 spiro atoms. The molecule has 1 aliphatic rings. The molecule has 0 amide bonds. The van der Waals surface area contributed by atoms with Crippen LogP contribution in [-0.4, -0.2) is 17.0 Å². The lowest BCUT2D eigenvalue weighted by Gasteiger charge is -2.19. The molecule has 0 atom stereocenters. The highest BCUT2D eigenvalue weighted by Crippen LogP contribution is 2.29. The van der Waals surface area contributed by atoms with Crippen molar-refractivity contribution in [2.24, 2.45) is 0 Å². The first kappa shape index (κ1) is 13.1. The summed E-state index contributed by atoms with van der Waals surface area (Å²) in [5.41, 5.74) is 5.03. The number of anilines is 1. The fourth-order valence-electron chi connectivity index (χ4n) is 2.97. The van der Waals surface area contributed by atoms with Gasteiger partial charge in [-0.15, -0.1) is 0 Å². The van der Waals surface area contributed by atoms with Crippen molar-refractivity contribution >= 4 is 5.82 Å². The number of nitrogens with one attached hydrogen (secondary N) is 1. The summed E-state index contributed by atoms with van der Waals surface area (Å²) in [5, 5.41) is 3.25. The Morgan fingerprint density at radius 3 is 2.70 bits per heavy atom. The second-order valence-corrected chi connectivity index (χ2v) is 5.29. The molecule has 0 saturated heterocycles. The van der Waals surface area contributed by atoms with Gasteiger partial charge in [-0.3, -0.25) is 0 Å². The maximum atomic E-state index is 4.85. The summed E-state index contributed by atoms with van der Waals surface area (Å²) in [6.07, 6.45) is 5.67. The summed E-state index contributed by atoms with van der Waals surface area (Å²) in [5.74, 6) is 1.88. The van der Waals surface area contributed by atoms with Crippen molar-refractivity contribution in [1.29, 1.82) is 0 Å². The molecule has 0 saturated carbocycles. The molecular weight excluding hydrogens is 246 g/mol. The minimum absolute atomic E-state index is 0.868. The third-order valence-corrected chi connectivity index (χ3v) is 4.06. The van der Waals surface area contributed by atoms with Gasteiger partial charge < -0.3 is 5.32 Å². The molecule has 0 unspecified atom stereocenters. The zero-order valence-electron chi connectivity index (χ0n) is 12.2. The maximum absolute atomic E-state index is 4.85. The third kappa shape index (κ3) is 2.28. The Hall–Kier alpha value is -1.90. The Labute approximate surface area is 120 Å². The van der Waals surface area contributed by atoms with Gasteiger partial charge in [-0.05, 0) is 37.7 Å². The number of hydrogen-bond acceptors (Lipinski definition) is 3. The van der Waals surface area contributed by atoms with E-state index in [0.29, 0.717) is 0 Å². The molecule has 1 aromatic heterocycles. The van der Waals surface area contributed by atoms with E-state index in [1.165, 1.54) is 35.2 Å². The number of rotatable bonds is 3. The van der Waals surface area contributed by atoms with Crippen LogP contribution in [-0.2, 0) is 19.3 Å². The maximum Gasteiger partial charge on any atom is 0.162 e. The van der Waals surface area contributed by atoms with E-state index in [4.69, 9.17) is 9.97 Å². The van der Waals surface area contributed by atoms with E-state index in [1.807, 2.05) is 7.05 Å². The fraction of sp³-hybridized carbons (Fsp3) is 0.412. The fourth-order valence-corrected chi connectivity index (χ4v) is 2.97. The number of aromatic nitrogens is 2. The molecule has 0 aliphatic heterocycles. The normalized spacial score (nSPS) is 13.9. The van der Waals surface area contributed by atoms with Crippen LogP contribution in [0.2, 0.25) is 0 Å². The van der Waals surface area contributed by atoms with Crippen LogP contribution in [0.5, 0.6) is 0 Å². The van der Waals surface area contributed by atoms with E-state index in [9.17, 15) is 0 Å². The van der Waals surface area contributed by atoms with E-state index in [1.54, 1.807) is 0 Å². The summed E-state index contributed by atoms with van der Waals surface area (Å²) in [6.45, 7) is 2.18. The number of benzene rings is 1. The average molecular weight is 267 g/mol. The number of fused-ring (bicyclic) bond motifs is 1. The summed E-state index contributed by atoms with van der Waals surface area (Å²) in [6, 6.07) is 8.44. The molecule has 1 N–H and O–H groups in total. The quantitative estimate of drug-likeness (QED) is 0.923. The number of hydrogen-bond donors (Lipinski definition) is 1. The van der Waals surface area contributed by atoms with Gasteiger partial charge in [0, 0.05) is 23.9 Å². The SMILES string of the molecule is CCc1ccccc1-c1nc2c(c(NC)n1)CCCC2. The second kappa shape index (κ2) is 5.61. The van der Waals surface area contributed by atoms with Crippen molar-refractivity contribution in [3.8, 4) is 11.4 Å². The van der Waals surface area contributed by atoms with Crippen molar-refractivity contribution < 1.29 is 0 Å². The molecule has 2 aromatic rings. The Morgan fingerprint density at radius 1 is 1.10 bits per heavy atom. The zero-order chi connectivity index (χ0) is 13.9. The van der Waals surface area contributed by atoms with Crippen LogP contribution in [0.1, 0.15) is 36.6 Å². The smallest absolute Gasteiger partial charge is 0.162 e. The largest absolute Gasteiger partial charge is 0.373 e. The van der Waals surface area contributed by atoms with Gasteiger partial charge >= 0.3 is 0 Å². The summed E-state index contributed by atoms with van der Waals surface area (Å²) in [4.78, 5) is 9.61. The topological polar surface area (TPSA) is 37.8 Å². The van der Waals surface area contributed by atoms with Gasteiger partial charge in [0.25, 0.3) is 0 Å². The first-order valence-corrected chi connectivity index (χ1v) is 7.49. The van der Waals surface area contributed by atoms with Crippen molar-refractivity contribution in [3.05, 3.63) is 41.1 Å². The van der Waals surface area contributed by atoms with Gasteiger partial charge in [0.15, 0.2) is 5.82 Å². The molecule has 0 fully saturated rings. The van der Waals surface area contributed by atoms with Crippen molar-refractivity contribution in [3.63, 3.8) is 0 Å². The molecule has 3 nitrogen and oxygen atoms in total. The van der Waals surface area contributed by atoms with Gasteiger partial charge in [0.05, 0.1) is 0 Å². The Balaban J connectivity index is 2.14. The van der Waals surface area contributed by atoms with Crippen LogP contribution in [0.25, 0.3) is 11.4 Å². The summed E-state index contributed by atoms with van der Waals surface area (Å²) >= 11 is 0. The second-order valence-electron chi connectivity index (χ2n) is 5.29. The zero-order valence-corrected chi connectivity index (χ0v) is 12.2. The Morgan fingerprint density at radius 2 is 1.90 bits per heavy atom. The van der Waals surface area contributed by atoms with E-state index in [2.05, 4.69) is 36.5 Å². The van der Waals surface area contributed by atoms with Crippen LogP contribution in [0, 0.1) is 0 Å². The van der Waals surface area contributed by atoms with Gasteiger partial charge in [0.2, 0.25) is 0 Å².